The third kappa shape index (κ3) is 2.40. The Morgan fingerprint density at radius 3 is 2.63 bits per heavy atom. The Morgan fingerprint density at radius 1 is 1.37 bits per heavy atom. The van der Waals surface area contributed by atoms with Crippen LogP contribution >= 0.6 is 0 Å². The second kappa shape index (κ2) is 5.58. The lowest BCUT2D eigenvalue weighted by Crippen LogP contribution is -2.63. The van der Waals surface area contributed by atoms with Gasteiger partial charge in [0.15, 0.2) is 0 Å². The summed E-state index contributed by atoms with van der Waals surface area (Å²) in [6, 6.07) is 3.91. The fraction of sp³-hybridized carbons (Fsp3) is 0.688. The molecular weight excluding hydrogens is 239 g/mol. The van der Waals surface area contributed by atoms with Crippen LogP contribution in [0.1, 0.15) is 52.1 Å². The molecule has 1 aromatic rings. The molecule has 0 saturated heterocycles. The van der Waals surface area contributed by atoms with Crippen LogP contribution in [0, 0.1) is 17.2 Å². The number of nitrogens with one attached hydrogen (secondary N) is 1. The van der Waals surface area contributed by atoms with Gasteiger partial charge in [0, 0.05) is 17.7 Å². The van der Waals surface area contributed by atoms with Crippen molar-refractivity contribution in [2.45, 2.75) is 52.5 Å². The lowest BCUT2D eigenvalue weighted by Gasteiger charge is -2.59. The van der Waals surface area contributed by atoms with Gasteiger partial charge in [0.2, 0.25) is 0 Å². The normalized spacial score (nSPS) is 34.1. The molecule has 3 heteroatoms. The van der Waals surface area contributed by atoms with E-state index >= 15 is 0 Å². The molecule has 0 spiro atoms. The molecular formula is C16H25FN2. The van der Waals surface area contributed by atoms with Gasteiger partial charge in [-0.3, -0.25) is 4.98 Å². The standard InChI is InChI=1S/C16H25FN2/c1-5-9-18-15-11(3)14(16(15,4)6-2)13-8-7-12(17)10-19-13/h7-8,10-11,14-15,18H,5-6,9H2,1-4H3. The van der Waals surface area contributed by atoms with Crippen molar-refractivity contribution in [1.29, 1.82) is 0 Å². The van der Waals surface area contributed by atoms with Crippen molar-refractivity contribution in [3.8, 4) is 0 Å². The summed E-state index contributed by atoms with van der Waals surface area (Å²) in [5, 5.41) is 3.67. The summed E-state index contributed by atoms with van der Waals surface area (Å²) >= 11 is 0. The molecule has 1 heterocycles. The summed E-state index contributed by atoms with van der Waals surface area (Å²) in [6.45, 7) is 10.1. The molecule has 1 saturated carbocycles. The zero-order valence-corrected chi connectivity index (χ0v) is 12.4. The average Bonchev–Trinajstić information content (AvgIpc) is 2.41. The average molecular weight is 264 g/mol. The maximum absolute atomic E-state index is 13.0. The van der Waals surface area contributed by atoms with E-state index in [0.29, 0.717) is 17.9 Å². The Bertz CT molecular complexity index is 417. The minimum atomic E-state index is -0.255. The number of pyridine rings is 1. The smallest absolute Gasteiger partial charge is 0.141 e. The number of halogens is 1. The van der Waals surface area contributed by atoms with Gasteiger partial charge >= 0.3 is 0 Å². The van der Waals surface area contributed by atoms with Gasteiger partial charge in [-0.2, -0.15) is 0 Å². The van der Waals surface area contributed by atoms with Gasteiger partial charge in [-0.1, -0.05) is 27.7 Å². The zero-order valence-electron chi connectivity index (χ0n) is 12.4. The molecule has 4 atom stereocenters. The number of nitrogens with zero attached hydrogens (tertiary/aromatic N) is 1. The van der Waals surface area contributed by atoms with E-state index in [0.717, 1.165) is 25.1 Å². The van der Waals surface area contributed by atoms with E-state index in [2.05, 4.69) is 38.0 Å². The SMILES string of the molecule is CCCNC1C(C)C(c2ccc(F)cn2)C1(C)CC. The van der Waals surface area contributed by atoms with Crippen molar-refractivity contribution in [1.82, 2.24) is 10.3 Å². The maximum atomic E-state index is 13.0. The number of aromatic nitrogens is 1. The molecule has 2 nitrogen and oxygen atoms in total. The van der Waals surface area contributed by atoms with Crippen molar-refractivity contribution in [2.24, 2.45) is 11.3 Å². The van der Waals surface area contributed by atoms with Crippen molar-refractivity contribution in [3.63, 3.8) is 0 Å². The molecule has 1 aromatic heterocycles. The minimum Gasteiger partial charge on any atom is -0.313 e. The predicted octanol–water partition coefficient (Wildman–Crippen LogP) is 3.74. The molecule has 0 aliphatic heterocycles. The third-order valence-electron chi connectivity index (χ3n) is 4.92. The molecule has 2 rings (SSSR count). The molecule has 0 aromatic carbocycles. The van der Waals surface area contributed by atoms with E-state index in [4.69, 9.17) is 0 Å². The van der Waals surface area contributed by atoms with Crippen LogP contribution in [0.4, 0.5) is 4.39 Å². The molecule has 1 fully saturated rings. The van der Waals surface area contributed by atoms with Crippen LogP contribution in [0.5, 0.6) is 0 Å². The monoisotopic (exact) mass is 264 g/mol. The van der Waals surface area contributed by atoms with Crippen LogP contribution in [0.15, 0.2) is 18.3 Å². The third-order valence-corrected chi connectivity index (χ3v) is 4.92. The lowest BCUT2D eigenvalue weighted by atomic mass is 9.49. The first-order valence-electron chi connectivity index (χ1n) is 7.39. The summed E-state index contributed by atoms with van der Waals surface area (Å²) in [6.07, 6.45) is 3.61. The molecule has 0 radical (unpaired) electrons. The van der Waals surface area contributed by atoms with Gasteiger partial charge in [-0.25, -0.2) is 4.39 Å². The Labute approximate surface area is 115 Å². The summed E-state index contributed by atoms with van der Waals surface area (Å²) < 4.78 is 13.0. The largest absolute Gasteiger partial charge is 0.313 e. The van der Waals surface area contributed by atoms with Crippen LogP contribution in [-0.4, -0.2) is 17.6 Å². The van der Waals surface area contributed by atoms with Crippen LogP contribution in [-0.2, 0) is 0 Å². The lowest BCUT2D eigenvalue weighted by molar-refractivity contribution is -0.0216. The van der Waals surface area contributed by atoms with Crippen LogP contribution in [0.25, 0.3) is 0 Å². The van der Waals surface area contributed by atoms with E-state index in [9.17, 15) is 4.39 Å². The molecule has 106 valence electrons. The number of hydrogen-bond donors (Lipinski definition) is 1. The van der Waals surface area contributed by atoms with Crippen molar-refractivity contribution in [3.05, 3.63) is 29.8 Å². The highest BCUT2D eigenvalue weighted by molar-refractivity contribution is 5.24. The van der Waals surface area contributed by atoms with E-state index in [1.54, 1.807) is 0 Å². The second-order valence-electron chi connectivity index (χ2n) is 6.03. The second-order valence-corrected chi connectivity index (χ2v) is 6.03. The van der Waals surface area contributed by atoms with Gasteiger partial charge in [0.1, 0.15) is 5.82 Å². The minimum absolute atomic E-state index is 0.222. The van der Waals surface area contributed by atoms with Gasteiger partial charge in [0.25, 0.3) is 0 Å². The first-order valence-corrected chi connectivity index (χ1v) is 7.39. The van der Waals surface area contributed by atoms with Crippen LogP contribution < -0.4 is 5.32 Å². The number of hydrogen-bond acceptors (Lipinski definition) is 2. The summed E-state index contributed by atoms with van der Waals surface area (Å²) in [5.41, 5.74) is 1.26. The molecule has 1 N–H and O–H groups in total. The maximum Gasteiger partial charge on any atom is 0.141 e. The highest BCUT2D eigenvalue weighted by atomic mass is 19.1. The van der Waals surface area contributed by atoms with Crippen LogP contribution in [0.3, 0.4) is 0 Å². The Balaban J connectivity index is 2.19. The molecule has 0 bridgehead atoms. The summed E-state index contributed by atoms with van der Waals surface area (Å²) in [7, 11) is 0. The van der Waals surface area contributed by atoms with Crippen molar-refractivity contribution in [2.75, 3.05) is 6.54 Å². The fourth-order valence-electron chi connectivity index (χ4n) is 3.81. The van der Waals surface area contributed by atoms with E-state index in [-0.39, 0.29) is 11.2 Å². The van der Waals surface area contributed by atoms with E-state index < -0.39 is 0 Å². The predicted molar refractivity (Wildman–Crippen MR) is 76.6 cm³/mol. The topological polar surface area (TPSA) is 24.9 Å². The molecule has 0 amide bonds. The Morgan fingerprint density at radius 2 is 2.11 bits per heavy atom. The first kappa shape index (κ1) is 14.4. The molecule has 19 heavy (non-hydrogen) atoms. The van der Waals surface area contributed by atoms with Gasteiger partial charge in [0.05, 0.1) is 6.20 Å². The Kier molecular flexibility index (Phi) is 4.24. The molecule has 1 aliphatic carbocycles. The zero-order chi connectivity index (χ0) is 14.0. The van der Waals surface area contributed by atoms with Crippen LogP contribution in [0.2, 0.25) is 0 Å². The number of rotatable bonds is 5. The summed E-state index contributed by atoms with van der Waals surface area (Å²) in [5.74, 6) is 0.719. The summed E-state index contributed by atoms with van der Waals surface area (Å²) in [4.78, 5) is 4.31. The van der Waals surface area contributed by atoms with Crippen molar-refractivity contribution >= 4 is 0 Å². The fourth-order valence-corrected chi connectivity index (χ4v) is 3.81. The Hall–Kier alpha value is -0.960. The van der Waals surface area contributed by atoms with E-state index in [1.807, 2.05) is 6.07 Å². The highest BCUT2D eigenvalue weighted by Crippen LogP contribution is 2.58. The first-order chi connectivity index (χ1) is 9.04. The van der Waals surface area contributed by atoms with Gasteiger partial charge < -0.3 is 5.32 Å². The van der Waals surface area contributed by atoms with Crippen molar-refractivity contribution < 1.29 is 4.39 Å². The quantitative estimate of drug-likeness (QED) is 0.876. The highest BCUT2D eigenvalue weighted by Gasteiger charge is 2.56. The van der Waals surface area contributed by atoms with E-state index in [1.165, 1.54) is 12.3 Å². The van der Waals surface area contributed by atoms with Gasteiger partial charge in [-0.15, -0.1) is 0 Å². The molecule has 4 unspecified atom stereocenters. The molecule has 1 aliphatic rings. The van der Waals surface area contributed by atoms with Gasteiger partial charge in [-0.05, 0) is 42.9 Å².